The topological polar surface area (TPSA) is 54.0 Å². The molecule has 0 N–H and O–H groups in total. The van der Waals surface area contributed by atoms with Crippen LogP contribution in [0.15, 0.2) is 12.7 Å². The number of hydrogen-bond donors (Lipinski definition) is 0. The van der Waals surface area contributed by atoms with Crippen molar-refractivity contribution in [2.75, 3.05) is 0 Å². The lowest BCUT2D eigenvalue weighted by atomic mass is 10.0. The molecule has 5 nitrogen and oxygen atoms in total. The summed E-state index contributed by atoms with van der Waals surface area (Å²) in [6.45, 7) is 10.9. The fraction of sp³-hybridized carbons (Fsp3) is 0.769. The summed E-state index contributed by atoms with van der Waals surface area (Å²) in [4.78, 5) is 11.1. The van der Waals surface area contributed by atoms with Gasteiger partial charge in [0.2, 0.25) is 0 Å². The van der Waals surface area contributed by atoms with Crippen LogP contribution in [-0.4, -0.2) is 42.3 Å². The minimum Gasteiger partial charge on any atom is -0.341 e. The second-order valence-electron chi connectivity index (χ2n) is 5.50. The molecule has 0 spiro atoms. The molecule has 2 fully saturated rings. The highest BCUT2D eigenvalue weighted by Crippen LogP contribution is 2.38. The van der Waals surface area contributed by atoms with Gasteiger partial charge in [-0.2, -0.15) is 0 Å². The summed E-state index contributed by atoms with van der Waals surface area (Å²) < 4.78 is 22.8. The van der Waals surface area contributed by atoms with Gasteiger partial charge in [-0.25, -0.2) is 0 Å². The molecule has 102 valence electrons. The van der Waals surface area contributed by atoms with Crippen molar-refractivity contribution in [3.63, 3.8) is 0 Å². The number of ether oxygens (including phenoxy) is 4. The van der Waals surface area contributed by atoms with Gasteiger partial charge in [0.15, 0.2) is 17.9 Å². The third kappa shape index (κ3) is 2.49. The zero-order chi connectivity index (χ0) is 13.6. The zero-order valence-corrected chi connectivity index (χ0v) is 11.2. The number of rotatable bonds is 3. The first-order valence-corrected chi connectivity index (χ1v) is 6.07. The maximum absolute atomic E-state index is 11.1. The molecule has 4 atom stereocenters. The van der Waals surface area contributed by atoms with E-state index < -0.39 is 29.9 Å². The van der Waals surface area contributed by atoms with Crippen molar-refractivity contribution < 1.29 is 23.7 Å². The summed E-state index contributed by atoms with van der Waals surface area (Å²) in [5.74, 6) is -1.51. The summed E-state index contributed by atoms with van der Waals surface area (Å²) in [7, 11) is 0. The lowest BCUT2D eigenvalue weighted by Gasteiger charge is -2.23. The van der Waals surface area contributed by atoms with Crippen LogP contribution in [0.5, 0.6) is 0 Å². The molecule has 0 saturated carbocycles. The van der Waals surface area contributed by atoms with Gasteiger partial charge in [0.1, 0.15) is 24.4 Å². The van der Waals surface area contributed by atoms with Crippen molar-refractivity contribution in [2.45, 2.75) is 63.7 Å². The molecule has 2 aliphatic rings. The Kier molecular flexibility index (Phi) is 3.36. The quantitative estimate of drug-likeness (QED) is 0.564. The summed E-state index contributed by atoms with van der Waals surface area (Å²) in [5, 5.41) is 0. The van der Waals surface area contributed by atoms with Crippen molar-refractivity contribution in [3.05, 3.63) is 12.7 Å². The van der Waals surface area contributed by atoms with Gasteiger partial charge >= 0.3 is 0 Å². The van der Waals surface area contributed by atoms with Crippen LogP contribution in [-0.2, 0) is 23.7 Å². The molecule has 0 amide bonds. The number of aldehydes is 1. The van der Waals surface area contributed by atoms with Crippen molar-refractivity contribution in [2.24, 2.45) is 0 Å². The summed E-state index contributed by atoms with van der Waals surface area (Å²) in [6, 6.07) is 0. The van der Waals surface area contributed by atoms with Crippen LogP contribution >= 0.6 is 0 Å². The van der Waals surface area contributed by atoms with Crippen LogP contribution in [0.2, 0.25) is 0 Å². The van der Waals surface area contributed by atoms with Gasteiger partial charge in [0.05, 0.1) is 0 Å². The second-order valence-corrected chi connectivity index (χ2v) is 5.50. The lowest BCUT2D eigenvalue weighted by Crippen LogP contribution is -2.42. The predicted octanol–water partition coefficient (Wildman–Crippen LogP) is 1.41. The minimum atomic E-state index is -0.794. The van der Waals surface area contributed by atoms with Gasteiger partial charge in [-0.05, 0) is 27.7 Å². The molecule has 0 aromatic heterocycles. The molecule has 0 bridgehead atoms. The van der Waals surface area contributed by atoms with Crippen molar-refractivity contribution >= 4 is 6.29 Å². The van der Waals surface area contributed by atoms with E-state index in [4.69, 9.17) is 18.9 Å². The van der Waals surface area contributed by atoms with E-state index in [1.165, 1.54) is 0 Å². The third-order valence-electron chi connectivity index (χ3n) is 3.02. The first kappa shape index (κ1) is 13.7. The number of hydrogen-bond acceptors (Lipinski definition) is 5. The third-order valence-corrected chi connectivity index (χ3v) is 3.02. The molecule has 0 aromatic carbocycles. The van der Waals surface area contributed by atoms with E-state index in [1.807, 2.05) is 13.8 Å². The SMILES string of the molecule is C=C[C@@H]1OC(C)(C)O[C@H]1[C@@H]1OC(C)(C)O[C@@H]1C=O. The maximum Gasteiger partial charge on any atom is 0.164 e. The smallest absolute Gasteiger partial charge is 0.164 e. The van der Waals surface area contributed by atoms with Crippen molar-refractivity contribution in [1.82, 2.24) is 0 Å². The summed E-state index contributed by atoms with van der Waals surface area (Å²) in [5.41, 5.74) is 0. The minimum absolute atomic E-state index is 0.315. The zero-order valence-electron chi connectivity index (χ0n) is 11.2. The van der Waals surface area contributed by atoms with Gasteiger partial charge < -0.3 is 23.7 Å². The van der Waals surface area contributed by atoms with Crippen LogP contribution in [0.25, 0.3) is 0 Å². The van der Waals surface area contributed by atoms with E-state index in [2.05, 4.69) is 6.58 Å². The first-order chi connectivity index (χ1) is 8.28. The Labute approximate surface area is 107 Å². The van der Waals surface area contributed by atoms with Crippen LogP contribution in [0.1, 0.15) is 27.7 Å². The monoisotopic (exact) mass is 256 g/mol. The molecule has 0 unspecified atom stereocenters. The largest absolute Gasteiger partial charge is 0.341 e. The summed E-state index contributed by atoms with van der Waals surface area (Å²) in [6.07, 6.45) is 0.566. The number of carbonyl (C=O) groups excluding carboxylic acids is 1. The summed E-state index contributed by atoms with van der Waals surface area (Å²) >= 11 is 0. The average molecular weight is 256 g/mol. The highest BCUT2D eigenvalue weighted by Gasteiger charge is 2.52. The van der Waals surface area contributed by atoms with Gasteiger partial charge in [-0.1, -0.05) is 6.08 Å². The standard InChI is InChI=1S/C13H20O5/c1-6-8-10(17-12(2,3)15-8)11-9(7-14)16-13(4,5)18-11/h6-11H,1H2,2-5H3/t8-,9+,10+,11+/m0/s1. The highest BCUT2D eigenvalue weighted by molar-refractivity contribution is 5.58. The lowest BCUT2D eigenvalue weighted by molar-refractivity contribution is -0.175. The number of carbonyl (C=O) groups is 1. The predicted molar refractivity (Wildman–Crippen MR) is 63.9 cm³/mol. The Morgan fingerprint density at radius 1 is 0.889 bits per heavy atom. The van der Waals surface area contributed by atoms with Crippen LogP contribution < -0.4 is 0 Å². The molecular weight excluding hydrogens is 236 g/mol. The van der Waals surface area contributed by atoms with Gasteiger partial charge in [0, 0.05) is 0 Å². The molecule has 0 aliphatic carbocycles. The van der Waals surface area contributed by atoms with Gasteiger partial charge in [-0.15, -0.1) is 6.58 Å². The van der Waals surface area contributed by atoms with Crippen LogP contribution in [0.3, 0.4) is 0 Å². The Hall–Kier alpha value is -0.750. The fourth-order valence-electron chi connectivity index (χ4n) is 2.43. The molecule has 18 heavy (non-hydrogen) atoms. The van der Waals surface area contributed by atoms with E-state index in [1.54, 1.807) is 19.9 Å². The van der Waals surface area contributed by atoms with E-state index >= 15 is 0 Å². The van der Waals surface area contributed by atoms with E-state index in [0.717, 1.165) is 6.29 Å². The highest BCUT2D eigenvalue weighted by atomic mass is 16.8. The van der Waals surface area contributed by atoms with Gasteiger partial charge in [0.25, 0.3) is 0 Å². The molecular formula is C13H20O5. The van der Waals surface area contributed by atoms with E-state index in [-0.39, 0.29) is 6.10 Å². The molecule has 0 aromatic rings. The molecule has 2 saturated heterocycles. The molecule has 0 radical (unpaired) electrons. The second kappa shape index (κ2) is 4.42. The van der Waals surface area contributed by atoms with Crippen LogP contribution in [0.4, 0.5) is 0 Å². The first-order valence-electron chi connectivity index (χ1n) is 6.07. The van der Waals surface area contributed by atoms with E-state index in [9.17, 15) is 4.79 Å². The fourth-order valence-corrected chi connectivity index (χ4v) is 2.43. The Bertz CT molecular complexity index is 315. The maximum atomic E-state index is 11.1. The molecule has 2 aliphatic heterocycles. The molecule has 2 heterocycles. The average Bonchev–Trinajstić information content (AvgIpc) is 2.74. The van der Waals surface area contributed by atoms with E-state index in [0.29, 0.717) is 0 Å². The Morgan fingerprint density at radius 2 is 1.33 bits per heavy atom. The normalized spacial score (nSPS) is 41.8. The Balaban J connectivity index is 2.20. The van der Waals surface area contributed by atoms with Crippen molar-refractivity contribution in [1.29, 1.82) is 0 Å². The van der Waals surface area contributed by atoms with Gasteiger partial charge in [-0.3, -0.25) is 0 Å². The van der Waals surface area contributed by atoms with Crippen LogP contribution in [0, 0.1) is 0 Å². The molecule has 2 rings (SSSR count). The Morgan fingerprint density at radius 3 is 1.78 bits per heavy atom. The molecule has 5 heteroatoms. The van der Waals surface area contributed by atoms with Crippen molar-refractivity contribution in [3.8, 4) is 0 Å².